The maximum absolute atomic E-state index is 5.29. The van der Waals surface area contributed by atoms with Crippen molar-refractivity contribution in [1.82, 2.24) is 4.90 Å². The van der Waals surface area contributed by atoms with Gasteiger partial charge in [0, 0.05) is 39.1 Å². The van der Waals surface area contributed by atoms with Crippen LogP contribution in [0.2, 0.25) is 0 Å². The molecule has 1 radical (unpaired) electrons. The summed E-state index contributed by atoms with van der Waals surface area (Å²) >= 11 is 0. The zero-order valence-electron chi connectivity index (χ0n) is 8.79. The van der Waals surface area contributed by atoms with Crippen LogP contribution in [-0.2, 0) is 30.8 Å². The molecular formula is C11H14INOZn-. The number of nitrogens with zero attached hydrogens (tertiary/aromatic N) is 1. The second-order valence-corrected chi connectivity index (χ2v) is 3.30. The van der Waals surface area contributed by atoms with E-state index in [4.69, 9.17) is 4.74 Å². The Kier molecular flexibility index (Phi) is 8.91. The van der Waals surface area contributed by atoms with E-state index in [2.05, 4.69) is 23.1 Å². The van der Waals surface area contributed by atoms with Gasteiger partial charge in [-0.2, -0.15) is 0 Å². The van der Waals surface area contributed by atoms with Gasteiger partial charge in [-0.3, -0.25) is 4.90 Å². The third-order valence-corrected chi connectivity index (χ3v) is 2.28. The van der Waals surface area contributed by atoms with Gasteiger partial charge in [-0.25, -0.2) is 0 Å². The predicted octanol–water partition coefficient (Wildman–Crippen LogP) is -1.68. The van der Waals surface area contributed by atoms with Crippen molar-refractivity contribution < 1.29 is 48.2 Å². The van der Waals surface area contributed by atoms with E-state index < -0.39 is 0 Å². The van der Waals surface area contributed by atoms with Crippen LogP contribution in [0.4, 0.5) is 0 Å². The van der Waals surface area contributed by atoms with Crippen molar-refractivity contribution in [3.63, 3.8) is 0 Å². The number of hydrogen-bond donors (Lipinski definition) is 0. The molecule has 0 aromatic heterocycles. The first kappa shape index (κ1) is 15.5. The van der Waals surface area contributed by atoms with Crippen LogP contribution in [0.1, 0.15) is 5.56 Å². The molecule has 0 amide bonds. The van der Waals surface area contributed by atoms with E-state index in [1.165, 1.54) is 5.56 Å². The number of hydrogen-bond acceptors (Lipinski definition) is 2. The van der Waals surface area contributed by atoms with Crippen LogP contribution >= 0.6 is 0 Å². The van der Waals surface area contributed by atoms with Crippen molar-refractivity contribution in [2.45, 2.75) is 6.54 Å². The maximum atomic E-state index is 5.29. The van der Waals surface area contributed by atoms with E-state index >= 15 is 0 Å². The van der Waals surface area contributed by atoms with Crippen LogP contribution in [0.25, 0.3) is 0 Å². The fourth-order valence-corrected chi connectivity index (χ4v) is 1.55. The van der Waals surface area contributed by atoms with Gasteiger partial charge in [0.2, 0.25) is 0 Å². The van der Waals surface area contributed by atoms with Gasteiger partial charge in [-0.1, -0.05) is 18.2 Å². The Bertz CT molecular complexity index is 252. The molecule has 1 aromatic carbocycles. The number of rotatable bonds is 2. The molecule has 1 aromatic rings. The summed E-state index contributed by atoms with van der Waals surface area (Å²) in [6.07, 6.45) is 0. The van der Waals surface area contributed by atoms with Gasteiger partial charge in [-0.05, 0) is 17.7 Å². The van der Waals surface area contributed by atoms with E-state index in [1.54, 1.807) is 0 Å². The molecule has 4 heteroatoms. The third-order valence-electron chi connectivity index (χ3n) is 2.28. The van der Waals surface area contributed by atoms with E-state index in [0.717, 1.165) is 32.8 Å². The summed E-state index contributed by atoms with van der Waals surface area (Å²) in [6, 6.07) is 11.3. The molecule has 0 spiro atoms. The van der Waals surface area contributed by atoms with Gasteiger partial charge in [-0.15, -0.1) is 0 Å². The Morgan fingerprint density at radius 1 is 1.33 bits per heavy atom. The Balaban J connectivity index is 0.000000980. The summed E-state index contributed by atoms with van der Waals surface area (Å²) in [4.78, 5) is 2.41. The molecule has 1 aliphatic heterocycles. The summed E-state index contributed by atoms with van der Waals surface area (Å²) in [7, 11) is 0. The predicted molar refractivity (Wildman–Crippen MR) is 51.4 cm³/mol. The van der Waals surface area contributed by atoms with Gasteiger partial charge < -0.3 is 28.7 Å². The van der Waals surface area contributed by atoms with E-state index in [-0.39, 0.29) is 43.5 Å². The fourth-order valence-electron chi connectivity index (χ4n) is 1.55. The van der Waals surface area contributed by atoms with Crippen molar-refractivity contribution in [3.05, 3.63) is 35.9 Å². The summed E-state index contributed by atoms with van der Waals surface area (Å²) in [6.45, 7) is 4.87. The SMILES string of the molecule is [I-].[Zn].[c]1cccc(CN2CCOCC2)c1. The molecule has 1 fully saturated rings. The Hall–Kier alpha value is 0.493. The molecule has 15 heavy (non-hydrogen) atoms. The average Bonchev–Trinajstić information content (AvgIpc) is 2.21. The first-order valence-corrected chi connectivity index (χ1v) is 4.70. The van der Waals surface area contributed by atoms with E-state index in [9.17, 15) is 0 Å². The van der Waals surface area contributed by atoms with Gasteiger partial charge >= 0.3 is 0 Å². The largest absolute Gasteiger partial charge is 1.00 e. The minimum atomic E-state index is 0. The van der Waals surface area contributed by atoms with Gasteiger partial charge in [0.15, 0.2) is 0 Å². The first-order chi connectivity index (χ1) is 6.45. The van der Waals surface area contributed by atoms with Crippen LogP contribution in [0.15, 0.2) is 24.3 Å². The molecule has 1 aliphatic rings. The van der Waals surface area contributed by atoms with Crippen LogP contribution in [0.5, 0.6) is 0 Å². The van der Waals surface area contributed by atoms with E-state index in [0.29, 0.717) is 0 Å². The normalized spacial score (nSPS) is 16.3. The number of morpholine rings is 1. The summed E-state index contributed by atoms with van der Waals surface area (Å²) < 4.78 is 5.29. The molecule has 1 saturated heterocycles. The van der Waals surface area contributed by atoms with Gasteiger partial charge in [0.05, 0.1) is 13.2 Å². The van der Waals surface area contributed by atoms with Crippen molar-refractivity contribution in [1.29, 1.82) is 0 Å². The van der Waals surface area contributed by atoms with Crippen molar-refractivity contribution >= 4 is 0 Å². The van der Waals surface area contributed by atoms with E-state index in [1.807, 2.05) is 12.1 Å². The van der Waals surface area contributed by atoms with Crippen LogP contribution < -0.4 is 24.0 Å². The summed E-state index contributed by atoms with van der Waals surface area (Å²) in [5.41, 5.74) is 1.34. The summed E-state index contributed by atoms with van der Waals surface area (Å²) in [5, 5.41) is 0. The molecule has 0 N–H and O–H groups in total. The number of halogens is 1. The van der Waals surface area contributed by atoms with Crippen LogP contribution in [0.3, 0.4) is 0 Å². The maximum Gasteiger partial charge on any atom is 0.0594 e. The molecule has 1 heterocycles. The molecule has 0 unspecified atom stereocenters. The topological polar surface area (TPSA) is 12.5 Å². The zero-order valence-corrected chi connectivity index (χ0v) is 13.9. The van der Waals surface area contributed by atoms with Gasteiger partial charge in [0.25, 0.3) is 0 Å². The molecule has 0 aliphatic carbocycles. The quantitative estimate of drug-likeness (QED) is 0.457. The molecule has 0 atom stereocenters. The zero-order chi connectivity index (χ0) is 8.93. The second-order valence-electron chi connectivity index (χ2n) is 3.30. The fraction of sp³-hybridized carbons (Fsp3) is 0.455. The molecule has 2 nitrogen and oxygen atoms in total. The Morgan fingerprint density at radius 3 is 2.67 bits per heavy atom. The standard InChI is InChI=1S/C11H14NO.HI.Zn/c1-2-4-11(5-3-1)10-12-6-8-13-9-7-12;;/h1-2,4-5H,6-10H2;1H;/p-1. The molecule has 0 bridgehead atoms. The number of ether oxygens (including phenoxy) is 1. The van der Waals surface area contributed by atoms with Crippen molar-refractivity contribution in [2.75, 3.05) is 26.3 Å². The van der Waals surface area contributed by atoms with Crippen molar-refractivity contribution in [2.24, 2.45) is 0 Å². The Labute approximate surface area is 121 Å². The first-order valence-electron chi connectivity index (χ1n) is 4.70. The third kappa shape index (κ3) is 5.39. The number of benzene rings is 1. The monoisotopic (exact) mass is 367 g/mol. The Morgan fingerprint density at radius 2 is 2.07 bits per heavy atom. The molecule has 2 rings (SSSR count). The average molecular weight is 369 g/mol. The summed E-state index contributed by atoms with van der Waals surface area (Å²) in [5.74, 6) is 0. The van der Waals surface area contributed by atoms with Crippen molar-refractivity contribution in [3.8, 4) is 0 Å². The second kappa shape index (κ2) is 8.62. The smallest absolute Gasteiger partial charge is 0.0594 e. The molecule has 79 valence electrons. The molecular weight excluding hydrogens is 354 g/mol. The van der Waals surface area contributed by atoms with Crippen LogP contribution in [-0.4, -0.2) is 31.2 Å². The minimum absolute atomic E-state index is 0. The molecule has 0 saturated carbocycles. The van der Waals surface area contributed by atoms with Crippen LogP contribution in [0, 0.1) is 6.07 Å². The van der Waals surface area contributed by atoms with Gasteiger partial charge in [0.1, 0.15) is 0 Å². The minimum Gasteiger partial charge on any atom is -1.00 e.